The summed E-state index contributed by atoms with van der Waals surface area (Å²) in [7, 11) is 0. The summed E-state index contributed by atoms with van der Waals surface area (Å²) in [4.78, 5) is 22.8. The standard InChI is InChI=1S/C15H21FN2O4/c1-9(19)13(17)14(20)18-12(15(21)22)8-4-6-10-5-2-3-7-11(10)16/h2-3,5,7,9,12-13,19H,4,6,8,17H2,1H3,(H,18,20)(H,21,22)/t9-,12?,13+/m0/s1. The molecule has 0 aliphatic rings. The Labute approximate surface area is 128 Å². The summed E-state index contributed by atoms with van der Waals surface area (Å²) in [5, 5.41) is 20.6. The third-order valence-corrected chi connectivity index (χ3v) is 3.33. The van der Waals surface area contributed by atoms with Crippen LogP contribution in [0, 0.1) is 5.82 Å². The first-order valence-corrected chi connectivity index (χ1v) is 7.03. The molecule has 1 aromatic rings. The molecule has 0 heterocycles. The van der Waals surface area contributed by atoms with E-state index >= 15 is 0 Å². The molecule has 1 unspecified atom stereocenters. The molecule has 122 valence electrons. The molecule has 1 aromatic carbocycles. The lowest BCUT2D eigenvalue weighted by atomic mass is 10.0. The minimum absolute atomic E-state index is 0.141. The van der Waals surface area contributed by atoms with Crippen molar-refractivity contribution in [1.29, 1.82) is 0 Å². The molecule has 5 N–H and O–H groups in total. The van der Waals surface area contributed by atoms with Crippen molar-refractivity contribution in [3.8, 4) is 0 Å². The van der Waals surface area contributed by atoms with Crippen LogP contribution in [0.3, 0.4) is 0 Å². The van der Waals surface area contributed by atoms with Gasteiger partial charge in [-0.25, -0.2) is 9.18 Å². The molecular weight excluding hydrogens is 291 g/mol. The second-order valence-electron chi connectivity index (χ2n) is 5.15. The maximum atomic E-state index is 13.4. The van der Waals surface area contributed by atoms with E-state index in [2.05, 4.69) is 5.32 Å². The number of aliphatic hydroxyl groups is 1. The second kappa shape index (κ2) is 8.45. The van der Waals surface area contributed by atoms with Crippen molar-refractivity contribution in [2.24, 2.45) is 5.73 Å². The SMILES string of the molecule is C[C@H](O)[C@@H](N)C(=O)NC(CCCc1ccccc1F)C(=O)O. The van der Waals surface area contributed by atoms with Gasteiger partial charge in [0, 0.05) is 0 Å². The first-order chi connectivity index (χ1) is 10.3. The fourth-order valence-electron chi connectivity index (χ4n) is 1.94. The van der Waals surface area contributed by atoms with Crippen molar-refractivity contribution < 1.29 is 24.2 Å². The van der Waals surface area contributed by atoms with Gasteiger partial charge in [0.05, 0.1) is 6.10 Å². The first-order valence-electron chi connectivity index (χ1n) is 7.03. The van der Waals surface area contributed by atoms with Crippen LogP contribution in [0.4, 0.5) is 4.39 Å². The fraction of sp³-hybridized carbons (Fsp3) is 0.467. The molecule has 0 aliphatic heterocycles. The number of aryl methyl sites for hydroxylation is 1. The molecule has 6 nitrogen and oxygen atoms in total. The number of hydrogen-bond donors (Lipinski definition) is 4. The van der Waals surface area contributed by atoms with E-state index in [-0.39, 0.29) is 12.2 Å². The van der Waals surface area contributed by atoms with Crippen LogP contribution in [0.25, 0.3) is 0 Å². The summed E-state index contributed by atoms with van der Waals surface area (Å²) in [6.45, 7) is 1.35. The first kappa shape index (κ1) is 18.1. The Balaban J connectivity index is 2.53. The van der Waals surface area contributed by atoms with Crippen LogP contribution in [0.2, 0.25) is 0 Å². The van der Waals surface area contributed by atoms with Gasteiger partial charge in [0.1, 0.15) is 17.9 Å². The van der Waals surface area contributed by atoms with Gasteiger partial charge in [0.25, 0.3) is 0 Å². The number of halogens is 1. The van der Waals surface area contributed by atoms with Gasteiger partial charge >= 0.3 is 5.97 Å². The molecule has 1 rings (SSSR count). The molecule has 0 aromatic heterocycles. The Bertz CT molecular complexity index is 522. The summed E-state index contributed by atoms with van der Waals surface area (Å²) < 4.78 is 13.4. The predicted molar refractivity (Wildman–Crippen MR) is 78.6 cm³/mol. The van der Waals surface area contributed by atoms with Gasteiger partial charge in [0.2, 0.25) is 5.91 Å². The molecule has 0 bridgehead atoms. The molecule has 0 fully saturated rings. The largest absolute Gasteiger partial charge is 0.480 e. The molecule has 0 saturated heterocycles. The van der Waals surface area contributed by atoms with E-state index in [1.165, 1.54) is 13.0 Å². The third kappa shape index (κ3) is 5.42. The average molecular weight is 312 g/mol. The number of carbonyl (C=O) groups is 2. The van der Waals surface area contributed by atoms with Crippen LogP contribution in [-0.4, -0.2) is 40.3 Å². The van der Waals surface area contributed by atoms with E-state index in [1.54, 1.807) is 18.2 Å². The van der Waals surface area contributed by atoms with E-state index in [0.29, 0.717) is 18.4 Å². The van der Waals surface area contributed by atoms with Crippen LogP contribution in [0.15, 0.2) is 24.3 Å². The number of carbonyl (C=O) groups excluding carboxylic acids is 1. The maximum absolute atomic E-state index is 13.4. The number of nitrogens with two attached hydrogens (primary N) is 1. The van der Waals surface area contributed by atoms with Gasteiger partial charge in [-0.1, -0.05) is 18.2 Å². The number of aliphatic carboxylic acids is 1. The quantitative estimate of drug-likeness (QED) is 0.556. The van der Waals surface area contributed by atoms with Crippen molar-refractivity contribution in [3.05, 3.63) is 35.6 Å². The molecule has 0 spiro atoms. The molecule has 3 atom stereocenters. The Kier molecular flexibility index (Phi) is 6.94. The lowest BCUT2D eigenvalue weighted by Crippen LogP contribution is -2.52. The minimum Gasteiger partial charge on any atom is -0.480 e. The van der Waals surface area contributed by atoms with E-state index in [1.807, 2.05) is 0 Å². The Morgan fingerprint density at radius 1 is 1.36 bits per heavy atom. The van der Waals surface area contributed by atoms with Crippen LogP contribution >= 0.6 is 0 Å². The summed E-state index contributed by atoms with van der Waals surface area (Å²) in [5.41, 5.74) is 5.94. The van der Waals surface area contributed by atoms with Gasteiger partial charge in [-0.15, -0.1) is 0 Å². The third-order valence-electron chi connectivity index (χ3n) is 3.33. The normalized spacial score (nSPS) is 14.9. The van der Waals surface area contributed by atoms with Crippen LogP contribution < -0.4 is 11.1 Å². The number of carboxylic acid groups (broad SMARTS) is 1. The van der Waals surface area contributed by atoms with Gasteiger partial charge in [0.15, 0.2) is 0 Å². The van der Waals surface area contributed by atoms with Gasteiger partial charge < -0.3 is 21.3 Å². The summed E-state index contributed by atoms with van der Waals surface area (Å²) in [6, 6.07) is 3.95. The van der Waals surface area contributed by atoms with Crippen molar-refractivity contribution in [2.75, 3.05) is 0 Å². The van der Waals surface area contributed by atoms with E-state index in [4.69, 9.17) is 10.8 Å². The highest BCUT2D eigenvalue weighted by molar-refractivity contribution is 5.87. The highest BCUT2D eigenvalue weighted by Crippen LogP contribution is 2.11. The van der Waals surface area contributed by atoms with Crippen LogP contribution in [-0.2, 0) is 16.0 Å². The zero-order valence-corrected chi connectivity index (χ0v) is 12.3. The molecule has 0 radical (unpaired) electrons. The average Bonchev–Trinajstić information content (AvgIpc) is 2.46. The second-order valence-corrected chi connectivity index (χ2v) is 5.15. The Hall–Kier alpha value is -1.99. The number of aliphatic hydroxyl groups excluding tert-OH is 1. The molecule has 22 heavy (non-hydrogen) atoms. The number of amides is 1. The van der Waals surface area contributed by atoms with Crippen molar-refractivity contribution >= 4 is 11.9 Å². The molecule has 0 aliphatic carbocycles. The number of rotatable bonds is 8. The number of hydrogen-bond acceptors (Lipinski definition) is 4. The predicted octanol–water partition coefficient (Wildman–Crippen LogP) is 0.426. The van der Waals surface area contributed by atoms with Crippen molar-refractivity contribution in [1.82, 2.24) is 5.32 Å². The summed E-state index contributed by atoms with van der Waals surface area (Å²) >= 11 is 0. The number of nitrogens with one attached hydrogen (secondary N) is 1. The zero-order chi connectivity index (χ0) is 16.7. The maximum Gasteiger partial charge on any atom is 0.326 e. The molecular formula is C15H21FN2O4. The fourth-order valence-corrected chi connectivity index (χ4v) is 1.94. The van der Waals surface area contributed by atoms with Gasteiger partial charge in [-0.2, -0.15) is 0 Å². The summed E-state index contributed by atoms with van der Waals surface area (Å²) in [5.74, 6) is -2.26. The monoisotopic (exact) mass is 312 g/mol. The number of carboxylic acids is 1. The van der Waals surface area contributed by atoms with Crippen molar-refractivity contribution in [2.45, 2.75) is 44.4 Å². The van der Waals surface area contributed by atoms with E-state index < -0.39 is 30.1 Å². The summed E-state index contributed by atoms with van der Waals surface area (Å²) in [6.07, 6.45) is -0.174. The lowest BCUT2D eigenvalue weighted by Gasteiger charge is -2.19. The smallest absolute Gasteiger partial charge is 0.326 e. The molecule has 7 heteroatoms. The van der Waals surface area contributed by atoms with E-state index in [9.17, 15) is 19.1 Å². The molecule has 0 saturated carbocycles. The number of benzene rings is 1. The highest BCUT2D eigenvalue weighted by Gasteiger charge is 2.25. The van der Waals surface area contributed by atoms with Crippen molar-refractivity contribution in [3.63, 3.8) is 0 Å². The highest BCUT2D eigenvalue weighted by atomic mass is 19.1. The van der Waals surface area contributed by atoms with E-state index in [0.717, 1.165) is 0 Å². The van der Waals surface area contributed by atoms with Crippen LogP contribution in [0.5, 0.6) is 0 Å². The molecule has 1 amide bonds. The van der Waals surface area contributed by atoms with Gasteiger partial charge in [-0.05, 0) is 37.8 Å². The topological polar surface area (TPSA) is 113 Å². The Morgan fingerprint density at radius 2 is 2.00 bits per heavy atom. The lowest BCUT2D eigenvalue weighted by molar-refractivity contribution is -0.142. The minimum atomic E-state index is -1.19. The van der Waals surface area contributed by atoms with Gasteiger partial charge in [-0.3, -0.25) is 4.79 Å². The van der Waals surface area contributed by atoms with Crippen LogP contribution in [0.1, 0.15) is 25.3 Å². The zero-order valence-electron chi connectivity index (χ0n) is 12.3. The Morgan fingerprint density at radius 3 is 2.55 bits per heavy atom.